The van der Waals surface area contributed by atoms with Gasteiger partial charge in [0.2, 0.25) is 0 Å². The molecule has 21 heavy (non-hydrogen) atoms. The van der Waals surface area contributed by atoms with Crippen LogP contribution in [0.25, 0.3) is 0 Å². The van der Waals surface area contributed by atoms with Crippen molar-refractivity contribution in [3.63, 3.8) is 0 Å². The molecule has 0 radical (unpaired) electrons. The number of hydrogen-bond donors (Lipinski definition) is 1. The van der Waals surface area contributed by atoms with Crippen molar-refractivity contribution in [1.29, 1.82) is 0 Å². The summed E-state index contributed by atoms with van der Waals surface area (Å²) in [7, 11) is 0. The predicted octanol–water partition coefficient (Wildman–Crippen LogP) is 4.17. The summed E-state index contributed by atoms with van der Waals surface area (Å²) in [6.07, 6.45) is 7.46. The Morgan fingerprint density at radius 3 is 2.43 bits per heavy atom. The molecule has 0 saturated heterocycles. The van der Waals surface area contributed by atoms with Gasteiger partial charge in [0.1, 0.15) is 17.6 Å². The van der Waals surface area contributed by atoms with Gasteiger partial charge in [-0.2, -0.15) is 0 Å². The molecule has 118 valence electrons. The number of hydrogen-bond acceptors (Lipinski definition) is 3. The lowest BCUT2D eigenvalue weighted by Gasteiger charge is -2.32. The number of benzene rings is 1. The van der Waals surface area contributed by atoms with E-state index in [-0.39, 0.29) is 0 Å². The first kappa shape index (κ1) is 16.2. The van der Waals surface area contributed by atoms with Gasteiger partial charge >= 0.3 is 0 Å². The number of rotatable bonds is 8. The fraction of sp³-hybridized carbons (Fsp3) is 0.667. The lowest BCUT2D eigenvalue weighted by Crippen LogP contribution is -2.45. The van der Waals surface area contributed by atoms with E-state index >= 15 is 0 Å². The molecule has 1 fully saturated rings. The van der Waals surface area contributed by atoms with Crippen LogP contribution in [0.4, 0.5) is 0 Å². The summed E-state index contributed by atoms with van der Waals surface area (Å²) in [6.45, 7) is 6.17. The Hall–Kier alpha value is -1.22. The van der Waals surface area contributed by atoms with Gasteiger partial charge in [-0.3, -0.25) is 0 Å². The Bertz CT molecular complexity index is 391. The maximum atomic E-state index is 6.21. The third-order valence-corrected chi connectivity index (χ3v) is 3.94. The first-order chi connectivity index (χ1) is 10.3. The predicted molar refractivity (Wildman–Crippen MR) is 87.2 cm³/mol. The van der Waals surface area contributed by atoms with Crippen LogP contribution in [0.5, 0.6) is 11.5 Å². The van der Waals surface area contributed by atoms with E-state index in [2.05, 4.69) is 19.2 Å². The molecule has 3 nitrogen and oxygen atoms in total. The highest BCUT2D eigenvalue weighted by Gasteiger charge is 2.26. The van der Waals surface area contributed by atoms with Gasteiger partial charge in [0.15, 0.2) is 0 Å². The molecule has 0 bridgehead atoms. The minimum absolute atomic E-state index is 0.299. The molecule has 1 saturated carbocycles. The normalized spacial score (nSPS) is 22.0. The van der Waals surface area contributed by atoms with Crippen LogP contribution in [-0.4, -0.2) is 25.3 Å². The Kier molecular flexibility index (Phi) is 6.87. The lowest BCUT2D eigenvalue weighted by molar-refractivity contribution is 0.114. The molecule has 2 unspecified atom stereocenters. The summed E-state index contributed by atoms with van der Waals surface area (Å²) in [4.78, 5) is 0. The van der Waals surface area contributed by atoms with Gasteiger partial charge in [0.05, 0.1) is 6.61 Å². The van der Waals surface area contributed by atoms with Crippen LogP contribution in [0.1, 0.15) is 52.4 Å². The second-order valence-electron chi connectivity index (χ2n) is 5.82. The zero-order valence-electron chi connectivity index (χ0n) is 13.4. The Balaban J connectivity index is 1.89. The molecule has 1 aromatic rings. The largest absolute Gasteiger partial charge is 0.494 e. The SMILES string of the molecule is CCCNC1CCCCC1Oc1ccc(OCCC)cc1. The van der Waals surface area contributed by atoms with Crippen LogP contribution >= 0.6 is 0 Å². The third kappa shape index (κ3) is 5.24. The summed E-state index contributed by atoms with van der Waals surface area (Å²) in [6, 6.07) is 8.55. The maximum absolute atomic E-state index is 6.21. The average Bonchev–Trinajstić information content (AvgIpc) is 2.53. The van der Waals surface area contributed by atoms with Crippen LogP contribution < -0.4 is 14.8 Å². The van der Waals surface area contributed by atoms with Crippen molar-refractivity contribution in [3.8, 4) is 11.5 Å². The van der Waals surface area contributed by atoms with Gasteiger partial charge in [-0.25, -0.2) is 0 Å². The molecule has 2 atom stereocenters. The zero-order valence-corrected chi connectivity index (χ0v) is 13.4. The Morgan fingerprint density at radius 2 is 1.71 bits per heavy atom. The van der Waals surface area contributed by atoms with E-state index < -0.39 is 0 Å². The maximum Gasteiger partial charge on any atom is 0.120 e. The van der Waals surface area contributed by atoms with Crippen LogP contribution in [0.3, 0.4) is 0 Å². The van der Waals surface area contributed by atoms with Crippen molar-refractivity contribution < 1.29 is 9.47 Å². The second kappa shape index (κ2) is 8.93. The topological polar surface area (TPSA) is 30.5 Å². The van der Waals surface area contributed by atoms with Crippen LogP contribution in [-0.2, 0) is 0 Å². The minimum Gasteiger partial charge on any atom is -0.494 e. The highest BCUT2D eigenvalue weighted by Crippen LogP contribution is 2.25. The van der Waals surface area contributed by atoms with Gasteiger partial charge in [0.25, 0.3) is 0 Å². The van der Waals surface area contributed by atoms with Crippen molar-refractivity contribution >= 4 is 0 Å². The van der Waals surface area contributed by atoms with Crippen LogP contribution in [0, 0.1) is 0 Å². The summed E-state index contributed by atoms with van der Waals surface area (Å²) in [5.74, 6) is 1.88. The molecule has 0 amide bonds. The molecule has 3 heteroatoms. The molecule has 1 N–H and O–H groups in total. The molecule has 1 aliphatic rings. The van der Waals surface area contributed by atoms with E-state index in [1.54, 1.807) is 0 Å². The molecular weight excluding hydrogens is 262 g/mol. The molecule has 0 aliphatic heterocycles. The van der Waals surface area contributed by atoms with E-state index in [1.165, 1.54) is 25.7 Å². The van der Waals surface area contributed by atoms with Crippen molar-refractivity contribution in [2.24, 2.45) is 0 Å². The molecule has 0 spiro atoms. The fourth-order valence-corrected chi connectivity index (χ4v) is 2.81. The van der Waals surface area contributed by atoms with Crippen LogP contribution in [0.2, 0.25) is 0 Å². The lowest BCUT2D eigenvalue weighted by atomic mass is 9.92. The van der Waals surface area contributed by atoms with Crippen LogP contribution in [0.15, 0.2) is 24.3 Å². The van der Waals surface area contributed by atoms with E-state index in [4.69, 9.17) is 9.47 Å². The molecular formula is C18H29NO2. The smallest absolute Gasteiger partial charge is 0.120 e. The van der Waals surface area contributed by atoms with Crippen molar-refractivity contribution in [1.82, 2.24) is 5.32 Å². The highest BCUT2D eigenvalue weighted by molar-refractivity contribution is 5.31. The number of ether oxygens (including phenoxy) is 2. The Labute approximate surface area is 129 Å². The third-order valence-electron chi connectivity index (χ3n) is 3.94. The summed E-state index contributed by atoms with van der Waals surface area (Å²) in [5, 5.41) is 3.63. The first-order valence-corrected chi connectivity index (χ1v) is 8.46. The van der Waals surface area contributed by atoms with Crippen molar-refractivity contribution in [3.05, 3.63) is 24.3 Å². The molecule has 2 rings (SSSR count). The highest BCUT2D eigenvalue weighted by atomic mass is 16.5. The van der Waals surface area contributed by atoms with Gasteiger partial charge < -0.3 is 14.8 Å². The zero-order chi connectivity index (χ0) is 14.9. The van der Waals surface area contributed by atoms with Gasteiger partial charge in [-0.15, -0.1) is 0 Å². The van der Waals surface area contributed by atoms with Crippen molar-refractivity contribution in [2.75, 3.05) is 13.2 Å². The minimum atomic E-state index is 0.299. The molecule has 0 heterocycles. The van der Waals surface area contributed by atoms with E-state index in [9.17, 15) is 0 Å². The summed E-state index contributed by atoms with van der Waals surface area (Å²) < 4.78 is 11.8. The molecule has 1 aromatic carbocycles. The molecule has 0 aromatic heterocycles. The van der Waals surface area contributed by atoms with E-state index in [0.717, 1.165) is 37.5 Å². The summed E-state index contributed by atoms with van der Waals surface area (Å²) in [5.41, 5.74) is 0. The monoisotopic (exact) mass is 291 g/mol. The summed E-state index contributed by atoms with van der Waals surface area (Å²) >= 11 is 0. The second-order valence-corrected chi connectivity index (χ2v) is 5.82. The average molecular weight is 291 g/mol. The van der Waals surface area contributed by atoms with E-state index in [0.29, 0.717) is 12.1 Å². The quantitative estimate of drug-likeness (QED) is 0.780. The van der Waals surface area contributed by atoms with Gasteiger partial charge in [-0.1, -0.05) is 20.3 Å². The van der Waals surface area contributed by atoms with Gasteiger partial charge in [-0.05, 0) is 62.9 Å². The molecule has 1 aliphatic carbocycles. The first-order valence-electron chi connectivity index (χ1n) is 8.46. The Morgan fingerprint density at radius 1 is 1.00 bits per heavy atom. The van der Waals surface area contributed by atoms with Crippen molar-refractivity contribution in [2.45, 2.75) is 64.5 Å². The standard InChI is InChI=1S/C18H29NO2/c1-3-13-19-17-7-5-6-8-18(17)21-16-11-9-15(10-12-16)20-14-4-2/h9-12,17-19H,3-8,13-14H2,1-2H3. The van der Waals surface area contributed by atoms with E-state index in [1.807, 2.05) is 24.3 Å². The fourth-order valence-electron chi connectivity index (χ4n) is 2.81. The van der Waals surface area contributed by atoms with Gasteiger partial charge in [0, 0.05) is 6.04 Å². The number of nitrogens with one attached hydrogen (secondary N) is 1.